The van der Waals surface area contributed by atoms with Crippen LogP contribution in [0.15, 0.2) is 24.3 Å². The minimum Gasteiger partial charge on any atom is -0.338 e. The van der Waals surface area contributed by atoms with Crippen molar-refractivity contribution in [3.05, 3.63) is 35.4 Å². The molecule has 1 aromatic rings. The van der Waals surface area contributed by atoms with Crippen molar-refractivity contribution in [2.45, 2.75) is 25.8 Å². The number of carbonyl (C=O) groups is 1. The number of aryl methyl sites for hydroxylation is 1. The van der Waals surface area contributed by atoms with Gasteiger partial charge in [-0.05, 0) is 30.9 Å². The third-order valence-corrected chi connectivity index (χ3v) is 5.76. The van der Waals surface area contributed by atoms with E-state index in [-0.39, 0.29) is 23.6 Å². The third kappa shape index (κ3) is 4.20. The number of carbonyl (C=O) groups excluding carboxylic acids is 1. The fourth-order valence-corrected chi connectivity index (χ4v) is 4.34. The van der Waals surface area contributed by atoms with Crippen molar-refractivity contribution >= 4 is 15.9 Å². The normalized spacial score (nSPS) is 20.2. The molecule has 0 spiro atoms. The van der Waals surface area contributed by atoms with Gasteiger partial charge in [0.1, 0.15) is 0 Å². The van der Waals surface area contributed by atoms with Gasteiger partial charge in [-0.1, -0.05) is 24.3 Å². The van der Waals surface area contributed by atoms with Gasteiger partial charge in [-0.2, -0.15) is 0 Å². The topological polar surface area (TPSA) is 66.5 Å². The monoisotopic (exact) mass is 310 g/mol. The molecule has 1 aliphatic heterocycles. The van der Waals surface area contributed by atoms with Crippen molar-refractivity contribution < 1.29 is 13.2 Å². The fourth-order valence-electron chi connectivity index (χ4n) is 2.57. The van der Waals surface area contributed by atoms with E-state index in [2.05, 4.69) is 11.4 Å². The largest absolute Gasteiger partial charge is 0.338 e. The molecule has 1 heterocycles. The Morgan fingerprint density at radius 2 is 2.10 bits per heavy atom. The summed E-state index contributed by atoms with van der Waals surface area (Å²) in [6.45, 7) is 2.60. The highest BCUT2D eigenvalue weighted by Crippen LogP contribution is 2.16. The predicted octanol–water partition coefficient (Wildman–Crippen LogP) is 1.37. The number of hydrogen-bond acceptors (Lipinski definition) is 3. The van der Waals surface area contributed by atoms with Gasteiger partial charge in [0.2, 0.25) is 0 Å². The van der Waals surface area contributed by atoms with Gasteiger partial charge in [0.25, 0.3) is 0 Å². The number of hydrogen-bond donors (Lipinski definition) is 1. The van der Waals surface area contributed by atoms with Crippen molar-refractivity contribution in [1.29, 1.82) is 0 Å². The summed E-state index contributed by atoms with van der Waals surface area (Å²) in [5, 5.41) is 2.85. The van der Waals surface area contributed by atoms with Crippen LogP contribution in [-0.2, 0) is 16.3 Å². The molecule has 0 saturated carbocycles. The summed E-state index contributed by atoms with van der Waals surface area (Å²) in [5.41, 5.74) is 2.42. The van der Waals surface area contributed by atoms with Crippen LogP contribution < -0.4 is 5.32 Å². The van der Waals surface area contributed by atoms with Gasteiger partial charge in [-0.25, -0.2) is 13.2 Å². The zero-order valence-corrected chi connectivity index (χ0v) is 13.3. The van der Waals surface area contributed by atoms with Crippen LogP contribution in [0.3, 0.4) is 0 Å². The molecule has 0 bridgehead atoms. The molecule has 6 heteroatoms. The third-order valence-electron chi connectivity index (χ3n) is 4.01. The van der Waals surface area contributed by atoms with Crippen molar-refractivity contribution in [3.63, 3.8) is 0 Å². The van der Waals surface area contributed by atoms with E-state index in [1.54, 1.807) is 7.05 Å². The zero-order valence-electron chi connectivity index (χ0n) is 12.5. The second-order valence-electron chi connectivity index (χ2n) is 5.58. The molecule has 0 aromatic heterocycles. The summed E-state index contributed by atoms with van der Waals surface area (Å²) in [4.78, 5) is 13.6. The van der Waals surface area contributed by atoms with Gasteiger partial charge < -0.3 is 10.2 Å². The fraction of sp³-hybridized carbons (Fsp3) is 0.533. The number of nitrogens with zero attached hydrogens (tertiary/aromatic N) is 1. The highest BCUT2D eigenvalue weighted by Gasteiger charge is 2.32. The molecule has 2 amide bonds. The predicted molar refractivity (Wildman–Crippen MR) is 83.1 cm³/mol. The summed E-state index contributed by atoms with van der Waals surface area (Å²) in [6, 6.07) is 7.67. The lowest BCUT2D eigenvalue weighted by Crippen LogP contribution is -2.44. The van der Waals surface area contributed by atoms with Crippen LogP contribution in [0.1, 0.15) is 17.5 Å². The van der Waals surface area contributed by atoms with Crippen LogP contribution in [0.4, 0.5) is 4.79 Å². The Morgan fingerprint density at radius 3 is 2.71 bits per heavy atom. The first-order chi connectivity index (χ1) is 9.89. The molecule has 1 fully saturated rings. The van der Waals surface area contributed by atoms with Crippen molar-refractivity contribution in [2.24, 2.45) is 0 Å². The van der Waals surface area contributed by atoms with Crippen molar-refractivity contribution in [1.82, 2.24) is 10.2 Å². The number of rotatable bonds is 4. The Labute approximate surface area is 126 Å². The van der Waals surface area contributed by atoms with E-state index in [1.165, 1.54) is 16.0 Å². The molecule has 1 unspecified atom stereocenters. The lowest BCUT2D eigenvalue weighted by molar-refractivity contribution is 0.195. The van der Waals surface area contributed by atoms with E-state index in [4.69, 9.17) is 0 Å². The lowest BCUT2D eigenvalue weighted by atomic mass is 10.1. The van der Waals surface area contributed by atoms with Gasteiger partial charge in [0.15, 0.2) is 9.84 Å². The van der Waals surface area contributed by atoms with Crippen LogP contribution in [0.5, 0.6) is 0 Å². The second-order valence-corrected chi connectivity index (χ2v) is 7.80. The minimum absolute atomic E-state index is 0.0781. The van der Waals surface area contributed by atoms with E-state index in [9.17, 15) is 13.2 Å². The number of amides is 2. The number of sulfone groups is 1. The molecule has 0 aliphatic carbocycles. The van der Waals surface area contributed by atoms with E-state index >= 15 is 0 Å². The molecular formula is C15H22N2O3S. The minimum atomic E-state index is -2.96. The van der Waals surface area contributed by atoms with Crippen molar-refractivity contribution in [3.8, 4) is 0 Å². The van der Waals surface area contributed by atoms with E-state index in [1.807, 2.05) is 25.1 Å². The first-order valence-corrected chi connectivity index (χ1v) is 8.97. The Hall–Kier alpha value is -1.56. The molecule has 116 valence electrons. The van der Waals surface area contributed by atoms with Crippen LogP contribution >= 0.6 is 0 Å². The highest BCUT2D eigenvalue weighted by molar-refractivity contribution is 7.91. The lowest BCUT2D eigenvalue weighted by Gasteiger charge is -2.23. The summed E-state index contributed by atoms with van der Waals surface area (Å²) in [6.07, 6.45) is 1.30. The molecule has 0 radical (unpaired) electrons. The molecule has 1 N–H and O–H groups in total. The standard InChI is InChI=1S/C15H22N2O3S/c1-12-5-3-4-6-13(12)7-9-16-15(18)17(2)14-8-10-21(19,20)11-14/h3-6,14H,7-11H2,1-2H3,(H,16,18). The molecule has 21 heavy (non-hydrogen) atoms. The molecule has 2 rings (SSSR count). The second kappa shape index (κ2) is 6.47. The highest BCUT2D eigenvalue weighted by atomic mass is 32.2. The van der Waals surface area contributed by atoms with E-state index in [0.29, 0.717) is 13.0 Å². The van der Waals surface area contributed by atoms with Gasteiger partial charge in [0, 0.05) is 19.6 Å². The van der Waals surface area contributed by atoms with Crippen molar-refractivity contribution in [2.75, 3.05) is 25.1 Å². The van der Waals surface area contributed by atoms with Gasteiger partial charge in [-0.15, -0.1) is 0 Å². The van der Waals surface area contributed by atoms with Gasteiger partial charge in [-0.3, -0.25) is 0 Å². The maximum Gasteiger partial charge on any atom is 0.317 e. The molecule has 5 nitrogen and oxygen atoms in total. The SMILES string of the molecule is Cc1ccccc1CCNC(=O)N(C)C1CCS(=O)(=O)C1. The van der Waals surface area contributed by atoms with Crippen LogP contribution in [0, 0.1) is 6.92 Å². The number of benzene rings is 1. The molecule has 1 aliphatic rings. The average Bonchev–Trinajstić information content (AvgIpc) is 2.80. The molecule has 1 atom stereocenters. The first-order valence-electron chi connectivity index (χ1n) is 7.14. The summed E-state index contributed by atoms with van der Waals surface area (Å²) < 4.78 is 22.9. The maximum absolute atomic E-state index is 12.0. The Morgan fingerprint density at radius 1 is 1.38 bits per heavy atom. The Kier molecular flexibility index (Phi) is 4.88. The quantitative estimate of drug-likeness (QED) is 0.913. The number of urea groups is 1. The summed E-state index contributed by atoms with van der Waals surface area (Å²) in [5.74, 6) is 0.257. The van der Waals surface area contributed by atoms with E-state index < -0.39 is 9.84 Å². The molecular weight excluding hydrogens is 288 g/mol. The van der Waals surface area contributed by atoms with Gasteiger partial charge in [0.05, 0.1) is 11.5 Å². The van der Waals surface area contributed by atoms with E-state index in [0.717, 1.165) is 6.42 Å². The average molecular weight is 310 g/mol. The maximum atomic E-state index is 12.0. The van der Waals surface area contributed by atoms with Crippen LogP contribution in [-0.4, -0.2) is 50.5 Å². The molecule has 1 saturated heterocycles. The van der Waals surface area contributed by atoms with Gasteiger partial charge >= 0.3 is 6.03 Å². The zero-order chi connectivity index (χ0) is 15.5. The Balaban J connectivity index is 1.81. The smallest absolute Gasteiger partial charge is 0.317 e. The first kappa shape index (κ1) is 15.8. The summed E-state index contributed by atoms with van der Waals surface area (Å²) >= 11 is 0. The summed E-state index contributed by atoms with van der Waals surface area (Å²) in [7, 11) is -1.30. The number of nitrogens with one attached hydrogen (secondary N) is 1. The van der Waals surface area contributed by atoms with Crippen LogP contribution in [0.25, 0.3) is 0 Å². The molecule has 1 aromatic carbocycles. The Bertz CT molecular complexity index is 613. The van der Waals surface area contributed by atoms with Crippen LogP contribution in [0.2, 0.25) is 0 Å².